The van der Waals surface area contributed by atoms with E-state index in [4.69, 9.17) is 5.73 Å². The van der Waals surface area contributed by atoms with E-state index >= 15 is 0 Å². The summed E-state index contributed by atoms with van der Waals surface area (Å²) in [4.78, 5) is 2.09. The molecular weight excluding hydrogens is 254 g/mol. The third kappa shape index (κ3) is 1.95. The second kappa shape index (κ2) is 4.81. The minimum Gasteiger partial charge on any atom is -0.382 e. The quantitative estimate of drug-likeness (QED) is 0.874. The molecule has 7 nitrogen and oxygen atoms in total. The van der Waals surface area contributed by atoms with Crippen molar-refractivity contribution in [1.82, 2.24) is 20.0 Å². The molecule has 2 aromatic rings. The lowest BCUT2D eigenvalue weighted by atomic mass is 10.3. The summed E-state index contributed by atoms with van der Waals surface area (Å²) in [7, 11) is 0. The van der Waals surface area contributed by atoms with Crippen molar-refractivity contribution >= 4 is 11.6 Å². The van der Waals surface area contributed by atoms with Crippen LogP contribution in [0.4, 0.5) is 11.6 Å². The van der Waals surface area contributed by atoms with Crippen LogP contribution in [0.25, 0.3) is 5.82 Å². The minimum atomic E-state index is 0.313. The smallest absolute Gasteiger partial charge is 0.178 e. The van der Waals surface area contributed by atoms with Gasteiger partial charge in [-0.05, 0) is 31.9 Å². The Hall–Kier alpha value is -2.62. The zero-order valence-corrected chi connectivity index (χ0v) is 11.2. The highest BCUT2D eigenvalue weighted by atomic mass is 15.4. The van der Waals surface area contributed by atoms with Crippen molar-refractivity contribution in [2.45, 2.75) is 19.8 Å². The molecule has 0 aliphatic carbocycles. The number of hydrogen-bond donors (Lipinski definition) is 1. The van der Waals surface area contributed by atoms with Gasteiger partial charge in [0.25, 0.3) is 0 Å². The zero-order valence-electron chi connectivity index (χ0n) is 11.2. The van der Waals surface area contributed by atoms with Crippen molar-refractivity contribution in [2.24, 2.45) is 0 Å². The number of nitrogen functional groups attached to an aromatic ring is 1. The molecule has 1 fully saturated rings. The fraction of sp³-hybridized carbons (Fsp3) is 0.385. The Bertz CT molecular complexity index is 659. The van der Waals surface area contributed by atoms with Crippen LogP contribution < -0.4 is 10.6 Å². The highest BCUT2D eigenvalue weighted by Crippen LogP contribution is 2.28. The number of nitrogens with two attached hydrogens (primary N) is 1. The second-order valence-corrected chi connectivity index (χ2v) is 4.83. The molecule has 7 heteroatoms. The monoisotopic (exact) mass is 269 g/mol. The van der Waals surface area contributed by atoms with Gasteiger partial charge in [-0.1, -0.05) is 0 Å². The fourth-order valence-corrected chi connectivity index (χ4v) is 2.36. The first kappa shape index (κ1) is 12.4. The van der Waals surface area contributed by atoms with E-state index in [2.05, 4.69) is 26.3 Å². The average molecular weight is 269 g/mol. The van der Waals surface area contributed by atoms with Crippen LogP contribution in [-0.2, 0) is 0 Å². The van der Waals surface area contributed by atoms with Gasteiger partial charge in [0.2, 0.25) is 0 Å². The molecular formula is C13H15N7. The number of anilines is 2. The Morgan fingerprint density at radius 3 is 2.60 bits per heavy atom. The Morgan fingerprint density at radius 1 is 1.25 bits per heavy atom. The Morgan fingerprint density at radius 2 is 2.00 bits per heavy atom. The van der Waals surface area contributed by atoms with E-state index in [9.17, 15) is 5.26 Å². The summed E-state index contributed by atoms with van der Waals surface area (Å²) in [5.74, 6) is 1.48. The number of aryl methyl sites for hydroxylation is 1. The molecule has 20 heavy (non-hydrogen) atoms. The molecule has 0 spiro atoms. The van der Waals surface area contributed by atoms with Crippen molar-refractivity contribution in [3.05, 3.63) is 23.4 Å². The maximum atomic E-state index is 9.32. The summed E-state index contributed by atoms with van der Waals surface area (Å²) in [6.45, 7) is 3.68. The predicted octanol–water partition coefficient (Wildman–Crippen LogP) is 1.02. The van der Waals surface area contributed by atoms with Crippen LogP contribution in [0.2, 0.25) is 0 Å². The molecule has 0 unspecified atom stereocenters. The summed E-state index contributed by atoms with van der Waals surface area (Å²) in [6.07, 6.45) is 2.23. The van der Waals surface area contributed by atoms with E-state index in [1.165, 1.54) is 4.68 Å². The van der Waals surface area contributed by atoms with Crippen LogP contribution in [0, 0.1) is 18.3 Å². The van der Waals surface area contributed by atoms with Gasteiger partial charge in [0, 0.05) is 13.1 Å². The van der Waals surface area contributed by atoms with Crippen molar-refractivity contribution < 1.29 is 0 Å². The van der Waals surface area contributed by atoms with Gasteiger partial charge in [-0.2, -0.15) is 15.0 Å². The molecule has 0 amide bonds. The van der Waals surface area contributed by atoms with Gasteiger partial charge >= 0.3 is 0 Å². The highest BCUT2D eigenvalue weighted by molar-refractivity contribution is 5.66. The van der Waals surface area contributed by atoms with Gasteiger partial charge in [0.05, 0.1) is 5.69 Å². The third-order valence-corrected chi connectivity index (χ3v) is 3.42. The molecule has 2 aromatic heterocycles. The number of nitrogens with zero attached hydrogens (tertiary/aromatic N) is 6. The SMILES string of the molecule is Cc1ccc(-n2nc(N3CCCC3)c(C#N)c2N)nn1. The van der Waals surface area contributed by atoms with E-state index in [0.717, 1.165) is 31.6 Å². The molecule has 1 saturated heterocycles. The molecule has 1 aliphatic rings. The maximum Gasteiger partial charge on any atom is 0.178 e. The van der Waals surface area contributed by atoms with Crippen LogP contribution in [0.15, 0.2) is 12.1 Å². The summed E-state index contributed by atoms with van der Waals surface area (Å²) in [5.41, 5.74) is 7.27. The first-order valence-electron chi connectivity index (χ1n) is 6.55. The van der Waals surface area contributed by atoms with Gasteiger partial charge in [0.1, 0.15) is 17.5 Å². The van der Waals surface area contributed by atoms with E-state index in [1.54, 1.807) is 6.07 Å². The second-order valence-electron chi connectivity index (χ2n) is 4.83. The zero-order chi connectivity index (χ0) is 14.1. The largest absolute Gasteiger partial charge is 0.382 e. The van der Waals surface area contributed by atoms with Crippen molar-refractivity contribution in [2.75, 3.05) is 23.7 Å². The topological polar surface area (TPSA) is 96.7 Å². The average Bonchev–Trinajstić information content (AvgIpc) is 3.07. The molecule has 0 atom stereocenters. The molecule has 0 bridgehead atoms. The summed E-state index contributed by atoms with van der Waals surface area (Å²) < 4.78 is 1.48. The van der Waals surface area contributed by atoms with Crippen LogP contribution >= 0.6 is 0 Å². The minimum absolute atomic E-state index is 0.313. The number of aromatic nitrogens is 4. The maximum absolute atomic E-state index is 9.32. The normalized spacial score (nSPS) is 14.5. The van der Waals surface area contributed by atoms with Crippen molar-refractivity contribution in [3.63, 3.8) is 0 Å². The number of hydrogen-bond acceptors (Lipinski definition) is 6. The van der Waals surface area contributed by atoms with E-state index in [-0.39, 0.29) is 0 Å². The van der Waals surface area contributed by atoms with Crippen LogP contribution in [0.3, 0.4) is 0 Å². The molecule has 102 valence electrons. The molecule has 1 aliphatic heterocycles. The molecule has 0 saturated carbocycles. The van der Waals surface area contributed by atoms with Gasteiger partial charge in [0.15, 0.2) is 11.6 Å². The first-order valence-corrected chi connectivity index (χ1v) is 6.55. The molecule has 0 aromatic carbocycles. The van der Waals surface area contributed by atoms with Crippen LogP contribution in [-0.4, -0.2) is 33.1 Å². The summed E-state index contributed by atoms with van der Waals surface area (Å²) >= 11 is 0. The Kier molecular flexibility index (Phi) is 2.99. The van der Waals surface area contributed by atoms with Gasteiger partial charge < -0.3 is 10.6 Å². The van der Waals surface area contributed by atoms with Gasteiger partial charge in [-0.15, -0.1) is 10.2 Å². The Balaban J connectivity index is 2.08. The van der Waals surface area contributed by atoms with Gasteiger partial charge in [-0.25, -0.2) is 0 Å². The van der Waals surface area contributed by atoms with E-state index < -0.39 is 0 Å². The summed E-state index contributed by atoms with van der Waals surface area (Å²) in [5, 5.41) is 21.8. The third-order valence-electron chi connectivity index (χ3n) is 3.42. The Labute approximate surface area is 116 Å². The fourth-order valence-electron chi connectivity index (χ4n) is 2.36. The van der Waals surface area contributed by atoms with Crippen LogP contribution in [0.5, 0.6) is 0 Å². The standard InChI is InChI=1S/C13H15N7/c1-9-4-5-11(17-16-9)20-12(15)10(8-14)13(18-20)19-6-2-3-7-19/h4-5H,2-3,6-7,15H2,1H3. The first-order chi connectivity index (χ1) is 9.70. The molecule has 0 radical (unpaired) electrons. The number of nitriles is 1. The molecule has 2 N–H and O–H groups in total. The van der Waals surface area contributed by atoms with Gasteiger partial charge in [-0.3, -0.25) is 0 Å². The molecule has 3 rings (SSSR count). The van der Waals surface area contributed by atoms with Crippen molar-refractivity contribution in [3.8, 4) is 11.9 Å². The number of rotatable bonds is 2. The lowest BCUT2D eigenvalue weighted by Gasteiger charge is -2.13. The molecule has 3 heterocycles. The summed E-state index contributed by atoms with van der Waals surface area (Å²) in [6, 6.07) is 5.77. The van der Waals surface area contributed by atoms with Crippen LogP contribution in [0.1, 0.15) is 24.1 Å². The lowest BCUT2D eigenvalue weighted by molar-refractivity contribution is 0.799. The highest BCUT2D eigenvalue weighted by Gasteiger charge is 2.24. The van der Waals surface area contributed by atoms with E-state index in [1.807, 2.05) is 13.0 Å². The predicted molar refractivity (Wildman–Crippen MR) is 74.5 cm³/mol. The van der Waals surface area contributed by atoms with E-state index in [0.29, 0.717) is 23.0 Å². The van der Waals surface area contributed by atoms with Crippen molar-refractivity contribution in [1.29, 1.82) is 5.26 Å². The lowest BCUT2D eigenvalue weighted by Crippen LogP contribution is -2.19.